The predicted molar refractivity (Wildman–Crippen MR) is 142 cm³/mol. The number of rotatable bonds is 13. The van der Waals surface area contributed by atoms with Crippen molar-refractivity contribution in [2.75, 3.05) is 20.8 Å². The summed E-state index contributed by atoms with van der Waals surface area (Å²) in [6.07, 6.45) is 2.08. The highest BCUT2D eigenvalue weighted by molar-refractivity contribution is 5.88. The third kappa shape index (κ3) is 7.60. The summed E-state index contributed by atoms with van der Waals surface area (Å²) >= 11 is 0. The molecule has 0 saturated carbocycles. The molecule has 0 aliphatic carbocycles. The summed E-state index contributed by atoms with van der Waals surface area (Å²) in [5, 5.41) is 3.01. The van der Waals surface area contributed by atoms with Crippen molar-refractivity contribution in [1.82, 2.24) is 10.2 Å². The number of carbonyl (C=O) groups excluding carboxylic acids is 2. The van der Waals surface area contributed by atoms with Gasteiger partial charge in [0.1, 0.15) is 6.04 Å². The molecular formula is C30H36N2O4. The molecule has 2 amide bonds. The van der Waals surface area contributed by atoms with E-state index < -0.39 is 6.04 Å². The summed E-state index contributed by atoms with van der Waals surface area (Å²) in [5.41, 5.74) is 2.97. The third-order valence-electron chi connectivity index (χ3n) is 6.09. The zero-order valence-corrected chi connectivity index (χ0v) is 21.4. The van der Waals surface area contributed by atoms with Crippen LogP contribution in [-0.2, 0) is 29.0 Å². The summed E-state index contributed by atoms with van der Waals surface area (Å²) < 4.78 is 10.7. The number of ether oxygens (including phenoxy) is 2. The predicted octanol–water partition coefficient (Wildman–Crippen LogP) is 4.80. The Kier molecular flexibility index (Phi) is 10.4. The van der Waals surface area contributed by atoms with Gasteiger partial charge in [-0.2, -0.15) is 0 Å². The Balaban J connectivity index is 1.86. The lowest BCUT2D eigenvalue weighted by molar-refractivity contribution is -0.141. The van der Waals surface area contributed by atoms with Crippen molar-refractivity contribution in [2.45, 2.75) is 45.2 Å². The normalized spacial score (nSPS) is 11.4. The van der Waals surface area contributed by atoms with E-state index in [1.54, 1.807) is 19.1 Å². The molecule has 0 aliphatic rings. The van der Waals surface area contributed by atoms with Crippen LogP contribution >= 0.6 is 0 Å². The van der Waals surface area contributed by atoms with Crippen LogP contribution in [0.2, 0.25) is 0 Å². The molecule has 0 aliphatic heterocycles. The van der Waals surface area contributed by atoms with Crippen LogP contribution < -0.4 is 14.8 Å². The first kappa shape index (κ1) is 26.8. The molecule has 0 bridgehead atoms. The first-order chi connectivity index (χ1) is 17.5. The maximum absolute atomic E-state index is 13.7. The van der Waals surface area contributed by atoms with E-state index in [9.17, 15) is 9.59 Å². The molecule has 6 nitrogen and oxygen atoms in total. The van der Waals surface area contributed by atoms with Crippen LogP contribution in [0.4, 0.5) is 0 Å². The van der Waals surface area contributed by atoms with E-state index in [-0.39, 0.29) is 18.2 Å². The van der Waals surface area contributed by atoms with Gasteiger partial charge in [-0.05, 0) is 41.7 Å². The van der Waals surface area contributed by atoms with Crippen LogP contribution in [0.1, 0.15) is 36.5 Å². The Morgan fingerprint density at radius 2 is 1.47 bits per heavy atom. The molecule has 190 valence electrons. The Labute approximate surface area is 214 Å². The molecule has 0 aromatic heterocycles. The number of hydrogen-bond acceptors (Lipinski definition) is 4. The second-order valence-electron chi connectivity index (χ2n) is 8.69. The average Bonchev–Trinajstić information content (AvgIpc) is 2.93. The fourth-order valence-corrected chi connectivity index (χ4v) is 4.13. The van der Waals surface area contributed by atoms with Gasteiger partial charge in [0, 0.05) is 25.9 Å². The van der Waals surface area contributed by atoms with E-state index in [1.165, 1.54) is 0 Å². The highest BCUT2D eigenvalue weighted by Gasteiger charge is 2.30. The summed E-state index contributed by atoms with van der Waals surface area (Å²) in [5.74, 6) is 1.08. The van der Waals surface area contributed by atoms with E-state index in [2.05, 4.69) is 5.32 Å². The van der Waals surface area contributed by atoms with Crippen molar-refractivity contribution in [1.29, 1.82) is 0 Å². The lowest BCUT2D eigenvalue weighted by Crippen LogP contribution is -2.50. The Morgan fingerprint density at radius 1 is 0.833 bits per heavy atom. The smallest absolute Gasteiger partial charge is 0.243 e. The van der Waals surface area contributed by atoms with Gasteiger partial charge in [0.05, 0.1) is 14.2 Å². The van der Waals surface area contributed by atoms with Gasteiger partial charge in [0.15, 0.2) is 11.5 Å². The fourth-order valence-electron chi connectivity index (χ4n) is 4.13. The molecule has 36 heavy (non-hydrogen) atoms. The topological polar surface area (TPSA) is 67.9 Å². The molecule has 1 atom stereocenters. The maximum Gasteiger partial charge on any atom is 0.243 e. The summed E-state index contributed by atoms with van der Waals surface area (Å²) in [4.78, 5) is 28.8. The van der Waals surface area contributed by atoms with Gasteiger partial charge in [-0.15, -0.1) is 0 Å². The van der Waals surface area contributed by atoms with E-state index >= 15 is 0 Å². The van der Waals surface area contributed by atoms with Gasteiger partial charge in [-0.3, -0.25) is 9.59 Å². The largest absolute Gasteiger partial charge is 0.493 e. The van der Waals surface area contributed by atoms with Gasteiger partial charge in [-0.25, -0.2) is 0 Å². The van der Waals surface area contributed by atoms with Gasteiger partial charge in [0.25, 0.3) is 0 Å². The summed E-state index contributed by atoms with van der Waals surface area (Å²) in [6, 6.07) is 24.7. The number of nitrogens with one attached hydrogen (secondary N) is 1. The van der Waals surface area contributed by atoms with Gasteiger partial charge >= 0.3 is 0 Å². The highest BCUT2D eigenvalue weighted by atomic mass is 16.5. The van der Waals surface area contributed by atoms with Gasteiger partial charge in [0.2, 0.25) is 11.8 Å². The quantitative estimate of drug-likeness (QED) is 0.375. The minimum Gasteiger partial charge on any atom is -0.493 e. The van der Waals surface area contributed by atoms with Gasteiger partial charge in [-0.1, -0.05) is 73.7 Å². The number of benzene rings is 3. The van der Waals surface area contributed by atoms with E-state index in [4.69, 9.17) is 9.47 Å². The molecular weight excluding hydrogens is 452 g/mol. The monoisotopic (exact) mass is 488 g/mol. The minimum absolute atomic E-state index is 0.0683. The van der Waals surface area contributed by atoms with E-state index in [0.29, 0.717) is 37.4 Å². The summed E-state index contributed by atoms with van der Waals surface area (Å²) in [7, 11) is 3.19. The number of nitrogens with zero attached hydrogens (tertiary/aromatic N) is 1. The first-order valence-electron chi connectivity index (χ1n) is 12.4. The third-order valence-corrected chi connectivity index (χ3v) is 6.09. The molecule has 6 heteroatoms. The number of methoxy groups -OCH3 is 2. The molecule has 3 aromatic rings. The number of aryl methyl sites for hydroxylation is 1. The van der Waals surface area contributed by atoms with Crippen LogP contribution in [0.5, 0.6) is 11.5 Å². The van der Waals surface area contributed by atoms with Crippen LogP contribution in [0.25, 0.3) is 0 Å². The Morgan fingerprint density at radius 3 is 2.08 bits per heavy atom. The molecule has 1 N–H and O–H groups in total. The molecule has 0 radical (unpaired) electrons. The van der Waals surface area contributed by atoms with Crippen molar-refractivity contribution in [3.63, 3.8) is 0 Å². The van der Waals surface area contributed by atoms with Crippen molar-refractivity contribution < 1.29 is 19.1 Å². The first-order valence-corrected chi connectivity index (χ1v) is 12.4. The van der Waals surface area contributed by atoms with Crippen molar-refractivity contribution in [3.8, 4) is 11.5 Å². The van der Waals surface area contributed by atoms with Crippen LogP contribution in [0.15, 0.2) is 78.9 Å². The molecule has 0 spiro atoms. The molecule has 0 fully saturated rings. The molecule has 0 saturated heterocycles. The molecule has 3 aromatic carbocycles. The zero-order valence-electron chi connectivity index (χ0n) is 21.4. The van der Waals surface area contributed by atoms with Crippen LogP contribution in [-0.4, -0.2) is 43.5 Å². The average molecular weight is 489 g/mol. The maximum atomic E-state index is 13.7. The zero-order chi connectivity index (χ0) is 25.8. The van der Waals surface area contributed by atoms with Crippen LogP contribution in [0, 0.1) is 0 Å². The second kappa shape index (κ2) is 13.9. The Bertz CT molecular complexity index is 1100. The fraction of sp³-hybridized carbons (Fsp3) is 0.333. The van der Waals surface area contributed by atoms with E-state index in [0.717, 1.165) is 23.1 Å². The van der Waals surface area contributed by atoms with Crippen LogP contribution in [0.3, 0.4) is 0 Å². The second-order valence-corrected chi connectivity index (χ2v) is 8.69. The minimum atomic E-state index is -0.614. The number of hydrogen-bond donors (Lipinski definition) is 1. The SMILES string of the molecule is CCCNC(=O)[C@H](Cc1ccccc1)N(Cc1ccccc1)C(=O)CCc1ccc(OC)c(OC)c1. The van der Waals surface area contributed by atoms with Gasteiger partial charge < -0.3 is 19.7 Å². The molecule has 0 unspecified atom stereocenters. The molecule has 3 rings (SSSR count). The highest BCUT2D eigenvalue weighted by Crippen LogP contribution is 2.28. The number of carbonyl (C=O) groups is 2. The van der Waals surface area contributed by atoms with E-state index in [1.807, 2.05) is 85.8 Å². The molecule has 0 heterocycles. The Hall–Kier alpha value is -3.80. The standard InChI is InChI=1S/C30H36N2O4/c1-4-19-31-30(34)26(20-23-11-7-5-8-12-23)32(22-25-13-9-6-10-14-25)29(33)18-16-24-15-17-27(35-2)28(21-24)36-3/h5-15,17,21,26H,4,16,18-20,22H2,1-3H3,(H,31,34)/t26-/m0/s1. The van der Waals surface area contributed by atoms with Crippen molar-refractivity contribution in [3.05, 3.63) is 95.6 Å². The van der Waals surface area contributed by atoms with Crippen molar-refractivity contribution >= 4 is 11.8 Å². The lowest BCUT2D eigenvalue weighted by atomic mass is 10.0. The van der Waals surface area contributed by atoms with Crippen molar-refractivity contribution in [2.24, 2.45) is 0 Å². The lowest BCUT2D eigenvalue weighted by Gasteiger charge is -2.31. The summed E-state index contributed by atoms with van der Waals surface area (Å²) in [6.45, 7) is 2.95. The number of amides is 2.